The van der Waals surface area contributed by atoms with Gasteiger partial charge in [0.05, 0.1) is 23.0 Å². The van der Waals surface area contributed by atoms with Crippen LogP contribution in [0.3, 0.4) is 0 Å². The summed E-state index contributed by atoms with van der Waals surface area (Å²) >= 11 is 0. The van der Waals surface area contributed by atoms with Crippen LogP contribution in [0.5, 0.6) is 0 Å². The molecule has 36 heavy (non-hydrogen) atoms. The number of hydrogen-bond donors (Lipinski definition) is 2. The number of anilines is 1. The van der Waals surface area contributed by atoms with Crippen molar-refractivity contribution in [1.82, 2.24) is 9.97 Å². The molecule has 0 amide bonds. The molecular formula is C29H35FN4O2. The van der Waals surface area contributed by atoms with Crippen molar-refractivity contribution < 1.29 is 14.3 Å². The molecular weight excluding hydrogens is 455 g/mol. The van der Waals surface area contributed by atoms with Gasteiger partial charge in [0.2, 0.25) is 0 Å². The fourth-order valence-electron chi connectivity index (χ4n) is 5.98. The molecule has 1 saturated carbocycles. The highest BCUT2D eigenvalue weighted by atomic mass is 19.1. The van der Waals surface area contributed by atoms with Crippen LogP contribution in [0.15, 0.2) is 42.9 Å². The van der Waals surface area contributed by atoms with E-state index in [9.17, 15) is 14.3 Å². The first-order chi connectivity index (χ1) is 17.2. The molecule has 0 spiro atoms. The van der Waals surface area contributed by atoms with Crippen LogP contribution in [-0.4, -0.2) is 45.6 Å². The van der Waals surface area contributed by atoms with Crippen LogP contribution in [0.2, 0.25) is 0 Å². The van der Waals surface area contributed by atoms with Crippen molar-refractivity contribution in [3.8, 4) is 0 Å². The molecule has 7 heteroatoms. The smallest absolute Gasteiger partial charge is 0.169 e. The molecule has 3 heterocycles. The fourth-order valence-corrected chi connectivity index (χ4v) is 5.98. The zero-order valence-electron chi connectivity index (χ0n) is 21.1. The average molecular weight is 491 g/mol. The van der Waals surface area contributed by atoms with E-state index in [2.05, 4.69) is 21.8 Å². The first-order valence-electron chi connectivity index (χ1n) is 13.0. The molecule has 0 bridgehead atoms. The van der Waals surface area contributed by atoms with Crippen molar-refractivity contribution in [3.63, 3.8) is 0 Å². The molecule has 1 aliphatic carbocycles. The number of aliphatic hydroxyl groups is 1. The molecule has 5 rings (SSSR count). The minimum absolute atomic E-state index is 0.100. The first kappa shape index (κ1) is 24.8. The van der Waals surface area contributed by atoms with Gasteiger partial charge in [-0.15, -0.1) is 0 Å². The Hall–Kier alpha value is -2.90. The van der Waals surface area contributed by atoms with Crippen molar-refractivity contribution in [2.75, 3.05) is 18.0 Å². The molecule has 190 valence electrons. The minimum Gasteiger partial charge on any atom is -0.390 e. The number of aromatic nitrogens is 2. The number of hydrogen-bond acceptors (Lipinski definition) is 6. The van der Waals surface area contributed by atoms with Gasteiger partial charge in [-0.2, -0.15) is 0 Å². The van der Waals surface area contributed by atoms with E-state index >= 15 is 0 Å². The van der Waals surface area contributed by atoms with Crippen molar-refractivity contribution in [2.45, 2.75) is 69.9 Å². The second-order valence-electron chi connectivity index (χ2n) is 11.1. The molecule has 6 nitrogen and oxygen atoms in total. The summed E-state index contributed by atoms with van der Waals surface area (Å²) in [6.45, 7) is 5.42. The van der Waals surface area contributed by atoms with Gasteiger partial charge in [-0.05, 0) is 86.3 Å². The van der Waals surface area contributed by atoms with E-state index in [0.717, 1.165) is 36.1 Å². The molecule has 1 aliphatic heterocycles. The van der Waals surface area contributed by atoms with E-state index in [1.165, 1.54) is 6.07 Å². The third-order valence-electron chi connectivity index (χ3n) is 8.00. The lowest BCUT2D eigenvalue weighted by molar-refractivity contribution is 0.0351. The molecule has 1 aromatic carbocycles. The Balaban J connectivity index is 1.42. The predicted octanol–water partition coefficient (Wildman–Crippen LogP) is 4.78. The summed E-state index contributed by atoms with van der Waals surface area (Å²) in [5, 5.41) is 10.6. The van der Waals surface area contributed by atoms with Crippen molar-refractivity contribution >= 4 is 22.4 Å². The quantitative estimate of drug-likeness (QED) is 0.500. The van der Waals surface area contributed by atoms with Gasteiger partial charge in [-0.3, -0.25) is 14.8 Å². The molecule has 3 aromatic rings. The Bertz CT molecular complexity index is 1260. The molecule has 0 radical (unpaired) electrons. The van der Waals surface area contributed by atoms with Gasteiger partial charge in [-0.1, -0.05) is 6.92 Å². The fraction of sp³-hybridized carbons (Fsp3) is 0.483. The third kappa shape index (κ3) is 5.13. The molecule has 2 aliphatic rings. The summed E-state index contributed by atoms with van der Waals surface area (Å²) in [6.07, 6.45) is 9.73. The van der Waals surface area contributed by atoms with Crippen molar-refractivity contribution in [3.05, 3.63) is 65.4 Å². The Kier molecular flexibility index (Phi) is 6.79. The molecule has 0 unspecified atom stereocenters. The second-order valence-corrected chi connectivity index (χ2v) is 11.1. The van der Waals surface area contributed by atoms with E-state index in [1.807, 2.05) is 13.0 Å². The maximum atomic E-state index is 14.9. The number of rotatable bonds is 5. The highest BCUT2D eigenvalue weighted by Crippen LogP contribution is 2.37. The van der Waals surface area contributed by atoms with Gasteiger partial charge in [0.1, 0.15) is 5.82 Å². The Morgan fingerprint density at radius 1 is 1.19 bits per heavy atom. The first-order valence-corrected chi connectivity index (χ1v) is 13.0. The lowest BCUT2D eigenvalue weighted by Crippen LogP contribution is -2.42. The van der Waals surface area contributed by atoms with Crippen molar-refractivity contribution in [1.29, 1.82) is 0 Å². The Morgan fingerprint density at radius 3 is 2.72 bits per heavy atom. The molecule has 3 atom stereocenters. The second kappa shape index (κ2) is 9.87. The standard InChI is InChI=1S/C29H35FN4O2/c1-18-11-19(13-21(31)12-18)23-5-8-32-16-20(23)14-27(35)24-3-4-26(30)25-15-22(17-33-28(24)25)34-9-6-29(2,36)7-10-34/h3-5,8,15-19,21,36H,6-7,9-14,31H2,1-2H3/t18-,19+,21-/m0/s1. The molecule has 3 N–H and O–H groups in total. The van der Waals surface area contributed by atoms with Crippen LogP contribution in [0.1, 0.15) is 73.4 Å². The normalized spacial score (nSPS) is 24.1. The summed E-state index contributed by atoms with van der Waals surface area (Å²) < 4.78 is 14.9. The number of piperidine rings is 1. The summed E-state index contributed by atoms with van der Waals surface area (Å²) in [4.78, 5) is 24.5. The Labute approximate surface area is 211 Å². The van der Waals surface area contributed by atoms with Crippen LogP contribution >= 0.6 is 0 Å². The van der Waals surface area contributed by atoms with E-state index in [0.29, 0.717) is 54.2 Å². The predicted molar refractivity (Wildman–Crippen MR) is 140 cm³/mol. The van der Waals surface area contributed by atoms with E-state index < -0.39 is 11.4 Å². The number of ketones is 1. The van der Waals surface area contributed by atoms with Crippen LogP contribution in [-0.2, 0) is 6.42 Å². The highest BCUT2D eigenvalue weighted by Gasteiger charge is 2.29. The molecule has 2 aromatic heterocycles. The highest BCUT2D eigenvalue weighted by molar-refractivity contribution is 6.08. The summed E-state index contributed by atoms with van der Waals surface area (Å²) in [5.74, 6) is 0.357. The Morgan fingerprint density at radius 2 is 1.97 bits per heavy atom. The zero-order valence-corrected chi connectivity index (χ0v) is 21.1. The number of fused-ring (bicyclic) bond motifs is 1. The maximum Gasteiger partial charge on any atom is 0.169 e. The van der Waals surface area contributed by atoms with Crippen LogP contribution in [0.25, 0.3) is 10.9 Å². The zero-order chi connectivity index (χ0) is 25.4. The number of carbonyl (C=O) groups is 1. The van der Waals surface area contributed by atoms with Gasteiger partial charge in [0.15, 0.2) is 5.78 Å². The van der Waals surface area contributed by atoms with E-state index in [4.69, 9.17) is 5.73 Å². The minimum atomic E-state index is -0.669. The monoisotopic (exact) mass is 490 g/mol. The topological polar surface area (TPSA) is 92.3 Å². The summed E-state index contributed by atoms with van der Waals surface area (Å²) in [7, 11) is 0. The van der Waals surface area contributed by atoms with Crippen molar-refractivity contribution in [2.24, 2.45) is 11.7 Å². The van der Waals surface area contributed by atoms with Gasteiger partial charge < -0.3 is 15.7 Å². The number of pyridine rings is 2. The molecule has 2 fully saturated rings. The largest absolute Gasteiger partial charge is 0.390 e. The number of Topliss-reactive ketones (excluding diaryl/α,β-unsaturated/α-hetero) is 1. The number of nitrogens with two attached hydrogens (primary N) is 1. The van der Waals surface area contributed by atoms with Gasteiger partial charge in [-0.25, -0.2) is 4.39 Å². The number of carbonyl (C=O) groups excluding carboxylic acids is 1. The van der Waals surface area contributed by atoms with Crippen LogP contribution < -0.4 is 10.6 Å². The summed E-state index contributed by atoms with van der Waals surface area (Å²) in [5.41, 5.74) is 9.29. The number of benzene rings is 1. The van der Waals surface area contributed by atoms with Gasteiger partial charge in [0, 0.05) is 48.9 Å². The third-order valence-corrected chi connectivity index (χ3v) is 8.00. The maximum absolute atomic E-state index is 14.9. The van der Waals surface area contributed by atoms with E-state index in [1.54, 1.807) is 30.7 Å². The van der Waals surface area contributed by atoms with Crippen LogP contribution in [0, 0.1) is 11.7 Å². The lowest BCUT2D eigenvalue weighted by Gasteiger charge is -2.37. The molecule has 1 saturated heterocycles. The van der Waals surface area contributed by atoms with Gasteiger partial charge >= 0.3 is 0 Å². The average Bonchev–Trinajstić information content (AvgIpc) is 2.84. The summed E-state index contributed by atoms with van der Waals surface area (Å²) in [6, 6.07) is 6.85. The SMILES string of the molecule is C[C@@H]1C[C@H](N)C[C@H](c2ccncc2CC(=O)c2ccc(F)c3cc(N4CCC(C)(O)CC4)cnc23)C1. The number of halogens is 1. The van der Waals surface area contributed by atoms with E-state index in [-0.39, 0.29) is 18.2 Å². The lowest BCUT2D eigenvalue weighted by atomic mass is 9.75. The van der Waals surface area contributed by atoms with Crippen LogP contribution in [0.4, 0.5) is 10.1 Å². The number of nitrogens with zero attached hydrogens (tertiary/aromatic N) is 3. The van der Waals surface area contributed by atoms with Gasteiger partial charge in [0.25, 0.3) is 0 Å².